The van der Waals surface area contributed by atoms with Gasteiger partial charge in [0.25, 0.3) is 5.78 Å². The van der Waals surface area contributed by atoms with E-state index in [4.69, 9.17) is 21.1 Å². The maximum atomic E-state index is 13.2. The molecule has 1 saturated heterocycles. The maximum Gasteiger partial charge on any atom is 0.256 e. The SMILES string of the molecule is CSc1nc2nc(C)cc(OCC3CN(S(=O)(=O)c4ccc(NC(C)=O)c(Cl)c4)CCO3)n2n1. The molecule has 3 heterocycles. The number of hydrogen-bond donors (Lipinski definition) is 1. The monoisotopic (exact) mass is 526 g/mol. The van der Waals surface area contributed by atoms with Gasteiger partial charge in [0.1, 0.15) is 12.7 Å². The van der Waals surface area contributed by atoms with E-state index in [-0.39, 0.29) is 42.1 Å². The first-order valence-corrected chi connectivity index (χ1v) is 13.3. The summed E-state index contributed by atoms with van der Waals surface area (Å²) in [5.74, 6) is 0.567. The Labute approximate surface area is 205 Å². The zero-order valence-corrected chi connectivity index (χ0v) is 21.1. The Morgan fingerprint density at radius 2 is 2.15 bits per heavy atom. The highest BCUT2D eigenvalue weighted by atomic mass is 35.5. The number of anilines is 1. The molecular weight excluding hydrogens is 504 g/mol. The third-order valence-corrected chi connectivity index (χ3v) is 7.69. The molecule has 1 aliphatic rings. The first-order valence-electron chi connectivity index (χ1n) is 10.3. The van der Waals surface area contributed by atoms with Crippen LogP contribution in [0.2, 0.25) is 5.02 Å². The zero-order valence-electron chi connectivity index (χ0n) is 18.7. The smallest absolute Gasteiger partial charge is 0.256 e. The Hall–Kier alpha value is -2.45. The summed E-state index contributed by atoms with van der Waals surface area (Å²) in [5.41, 5.74) is 1.06. The van der Waals surface area contributed by atoms with E-state index in [9.17, 15) is 13.2 Å². The summed E-state index contributed by atoms with van der Waals surface area (Å²) >= 11 is 7.57. The number of amides is 1. The van der Waals surface area contributed by atoms with Crippen LogP contribution in [-0.2, 0) is 19.6 Å². The summed E-state index contributed by atoms with van der Waals surface area (Å²) in [7, 11) is -3.83. The Morgan fingerprint density at radius 1 is 1.35 bits per heavy atom. The number of fused-ring (bicyclic) bond motifs is 1. The molecule has 1 aliphatic heterocycles. The van der Waals surface area contributed by atoms with Gasteiger partial charge in [-0.15, -0.1) is 5.10 Å². The molecule has 34 heavy (non-hydrogen) atoms. The second-order valence-corrected chi connectivity index (χ2v) is 10.7. The minimum atomic E-state index is -3.83. The molecule has 1 aromatic carbocycles. The Balaban J connectivity index is 1.47. The zero-order chi connectivity index (χ0) is 24.5. The number of sulfonamides is 1. The van der Waals surface area contributed by atoms with Crippen molar-refractivity contribution in [1.29, 1.82) is 0 Å². The number of ether oxygens (including phenoxy) is 2. The van der Waals surface area contributed by atoms with E-state index in [0.29, 0.717) is 22.5 Å². The standard InChI is InChI=1S/C20H23ClN6O5S2/c1-12-8-18(27-19(22-12)24-20(25-27)33-3)32-11-14-10-26(6-7-31-14)34(29,30)15-4-5-17(16(21)9-15)23-13(2)28/h4-5,8-9,14H,6-7,10-11H2,1-3H3,(H,23,28). The van der Waals surface area contributed by atoms with Gasteiger partial charge < -0.3 is 14.8 Å². The van der Waals surface area contributed by atoms with Gasteiger partial charge in [-0.25, -0.2) is 13.4 Å². The molecule has 1 unspecified atom stereocenters. The molecule has 3 aromatic rings. The van der Waals surface area contributed by atoms with E-state index in [1.165, 1.54) is 45.7 Å². The first kappa shape index (κ1) is 24.7. The fourth-order valence-electron chi connectivity index (χ4n) is 3.41. The molecule has 0 spiro atoms. The van der Waals surface area contributed by atoms with Crippen LogP contribution < -0.4 is 10.1 Å². The average molecular weight is 527 g/mol. The summed E-state index contributed by atoms with van der Waals surface area (Å²) in [5, 5.41) is 7.62. The van der Waals surface area contributed by atoms with Crippen molar-refractivity contribution in [3.63, 3.8) is 0 Å². The van der Waals surface area contributed by atoms with E-state index in [2.05, 4.69) is 20.4 Å². The van der Waals surface area contributed by atoms with Gasteiger partial charge in [-0.05, 0) is 31.4 Å². The predicted octanol–water partition coefficient (Wildman–Crippen LogP) is 2.23. The fraction of sp³-hybridized carbons (Fsp3) is 0.400. The lowest BCUT2D eigenvalue weighted by Gasteiger charge is -2.32. The Bertz CT molecular complexity index is 1330. The normalized spacial score (nSPS) is 17.1. The second-order valence-electron chi connectivity index (χ2n) is 7.54. The van der Waals surface area contributed by atoms with Crippen molar-refractivity contribution in [2.24, 2.45) is 0 Å². The Morgan fingerprint density at radius 3 is 2.85 bits per heavy atom. The van der Waals surface area contributed by atoms with E-state index in [1.54, 1.807) is 6.07 Å². The number of hydrogen-bond acceptors (Lipinski definition) is 9. The number of halogens is 1. The molecule has 11 nitrogen and oxygen atoms in total. The first-order chi connectivity index (χ1) is 16.2. The van der Waals surface area contributed by atoms with Crippen molar-refractivity contribution in [3.05, 3.63) is 35.0 Å². The van der Waals surface area contributed by atoms with Crippen molar-refractivity contribution in [2.45, 2.75) is 30.0 Å². The fourth-order valence-corrected chi connectivity index (χ4v) is 5.52. The van der Waals surface area contributed by atoms with Crippen LogP contribution in [0.25, 0.3) is 5.78 Å². The van der Waals surface area contributed by atoms with Gasteiger partial charge >= 0.3 is 0 Å². The number of thioether (sulfide) groups is 1. The summed E-state index contributed by atoms with van der Waals surface area (Å²) in [6.45, 7) is 3.81. The van der Waals surface area contributed by atoms with Crippen LogP contribution in [0, 0.1) is 6.92 Å². The van der Waals surface area contributed by atoms with E-state index in [1.807, 2.05) is 13.2 Å². The quantitative estimate of drug-likeness (QED) is 0.461. The third-order valence-electron chi connectivity index (χ3n) is 4.98. The molecule has 0 radical (unpaired) electrons. The molecule has 1 amide bonds. The van der Waals surface area contributed by atoms with Crippen LogP contribution in [0.5, 0.6) is 5.88 Å². The minimum Gasteiger partial charge on any atom is -0.475 e. The lowest BCUT2D eigenvalue weighted by Crippen LogP contribution is -2.47. The molecule has 14 heteroatoms. The molecule has 1 fully saturated rings. The van der Waals surface area contributed by atoms with Gasteiger partial charge in [0.2, 0.25) is 27.0 Å². The highest BCUT2D eigenvalue weighted by Gasteiger charge is 2.32. The van der Waals surface area contributed by atoms with Crippen LogP contribution in [0.3, 0.4) is 0 Å². The number of benzene rings is 1. The highest BCUT2D eigenvalue weighted by molar-refractivity contribution is 7.98. The molecular formula is C20H23ClN6O5S2. The number of carbonyl (C=O) groups is 1. The van der Waals surface area contributed by atoms with Crippen molar-refractivity contribution in [1.82, 2.24) is 23.9 Å². The number of aryl methyl sites for hydroxylation is 1. The minimum absolute atomic E-state index is 0.0341. The van der Waals surface area contributed by atoms with Gasteiger partial charge in [0.15, 0.2) is 0 Å². The van der Waals surface area contributed by atoms with Crippen LogP contribution in [0.1, 0.15) is 12.6 Å². The van der Waals surface area contributed by atoms with Gasteiger partial charge in [0.05, 0.1) is 22.2 Å². The number of nitrogens with one attached hydrogen (secondary N) is 1. The third kappa shape index (κ3) is 5.28. The summed E-state index contributed by atoms with van der Waals surface area (Å²) in [6, 6.07) is 5.95. The van der Waals surface area contributed by atoms with E-state index < -0.39 is 16.1 Å². The molecule has 1 N–H and O–H groups in total. The molecule has 2 aromatic heterocycles. The Kier molecular flexibility index (Phi) is 7.28. The van der Waals surface area contributed by atoms with E-state index in [0.717, 1.165) is 5.69 Å². The van der Waals surface area contributed by atoms with Gasteiger partial charge in [-0.3, -0.25) is 4.79 Å². The number of nitrogens with zero attached hydrogens (tertiary/aromatic N) is 5. The lowest BCUT2D eigenvalue weighted by atomic mass is 10.3. The summed E-state index contributed by atoms with van der Waals surface area (Å²) in [4.78, 5) is 20.0. The van der Waals surface area contributed by atoms with Gasteiger partial charge in [0, 0.05) is 31.8 Å². The van der Waals surface area contributed by atoms with Crippen LogP contribution >= 0.6 is 23.4 Å². The van der Waals surface area contributed by atoms with Crippen LogP contribution in [0.4, 0.5) is 5.69 Å². The van der Waals surface area contributed by atoms with Crippen LogP contribution in [-0.4, -0.2) is 76.9 Å². The summed E-state index contributed by atoms with van der Waals surface area (Å²) in [6.07, 6.45) is 1.37. The molecule has 4 rings (SSSR count). The number of aromatic nitrogens is 4. The maximum absolute atomic E-state index is 13.2. The van der Waals surface area contributed by atoms with Crippen LogP contribution in [0.15, 0.2) is 34.3 Å². The number of carbonyl (C=O) groups excluding carboxylic acids is 1. The number of morpholine rings is 1. The summed E-state index contributed by atoms with van der Waals surface area (Å²) < 4.78 is 40.9. The largest absolute Gasteiger partial charge is 0.475 e. The van der Waals surface area contributed by atoms with Crippen molar-refractivity contribution >= 4 is 50.8 Å². The molecule has 0 bridgehead atoms. The second kappa shape index (κ2) is 10.0. The van der Waals surface area contributed by atoms with Crippen molar-refractivity contribution in [3.8, 4) is 5.88 Å². The van der Waals surface area contributed by atoms with Crippen molar-refractivity contribution in [2.75, 3.05) is 37.9 Å². The number of rotatable bonds is 7. The topological polar surface area (TPSA) is 128 Å². The average Bonchev–Trinajstić information content (AvgIpc) is 3.22. The molecule has 0 aliphatic carbocycles. The van der Waals surface area contributed by atoms with Gasteiger partial charge in [-0.2, -0.15) is 13.8 Å². The highest BCUT2D eigenvalue weighted by Crippen LogP contribution is 2.28. The van der Waals surface area contributed by atoms with Crippen molar-refractivity contribution < 1.29 is 22.7 Å². The van der Waals surface area contributed by atoms with E-state index >= 15 is 0 Å². The molecule has 1 atom stereocenters. The van der Waals surface area contributed by atoms with Gasteiger partial charge in [-0.1, -0.05) is 23.4 Å². The predicted molar refractivity (Wildman–Crippen MR) is 127 cm³/mol. The molecule has 182 valence electrons. The molecule has 0 saturated carbocycles. The lowest BCUT2D eigenvalue weighted by molar-refractivity contribution is -0.114.